The van der Waals surface area contributed by atoms with E-state index in [-0.39, 0.29) is 25.7 Å². The minimum absolute atomic E-state index is 0.104. The maximum atomic E-state index is 12.4. The largest absolute Gasteiger partial charge is 0.462 e. The van der Waals surface area contributed by atoms with Crippen LogP contribution in [0.3, 0.4) is 0 Å². The van der Waals surface area contributed by atoms with Crippen molar-refractivity contribution in [2.75, 3.05) is 13.7 Å². The molecule has 1 aromatic rings. The smallest absolute Gasteiger partial charge is 0.303 e. The summed E-state index contributed by atoms with van der Waals surface area (Å²) in [6, 6.07) is 9.63. The van der Waals surface area contributed by atoms with Gasteiger partial charge in [-0.05, 0) is 25.3 Å². The monoisotopic (exact) mass is 590 g/mol. The van der Waals surface area contributed by atoms with Gasteiger partial charge in [0.2, 0.25) is 0 Å². The van der Waals surface area contributed by atoms with Crippen LogP contribution < -0.4 is 0 Å². The number of rotatable bonds is 12. The Kier molecular flexibility index (Phi) is 10.4. The van der Waals surface area contributed by atoms with Crippen LogP contribution >= 0.6 is 0 Å². The van der Waals surface area contributed by atoms with Gasteiger partial charge >= 0.3 is 17.9 Å². The molecule has 11 heteroatoms. The van der Waals surface area contributed by atoms with Gasteiger partial charge in [-0.15, -0.1) is 6.58 Å². The van der Waals surface area contributed by atoms with Gasteiger partial charge in [0.05, 0.1) is 18.8 Å². The third-order valence-corrected chi connectivity index (χ3v) is 7.86. The van der Waals surface area contributed by atoms with Crippen molar-refractivity contribution in [3.05, 3.63) is 48.6 Å². The zero-order valence-corrected chi connectivity index (χ0v) is 24.9. The number of hydrogen-bond donors (Lipinski definition) is 0. The van der Waals surface area contributed by atoms with Crippen molar-refractivity contribution in [3.63, 3.8) is 0 Å². The Morgan fingerprint density at radius 1 is 1.05 bits per heavy atom. The number of methoxy groups -OCH3 is 1. The summed E-state index contributed by atoms with van der Waals surface area (Å²) in [5, 5.41) is 0. The molecule has 42 heavy (non-hydrogen) atoms. The summed E-state index contributed by atoms with van der Waals surface area (Å²) in [6.45, 7) is 9.45. The van der Waals surface area contributed by atoms with Gasteiger partial charge in [-0.3, -0.25) is 14.4 Å². The average molecular weight is 591 g/mol. The first-order valence-electron chi connectivity index (χ1n) is 14.3. The van der Waals surface area contributed by atoms with E-state index in [0.29, 0.717) is 19.3 Å². The Bertz CT molecular complexity index is 1110. The number of ether oxygens (including phenoxy) is 8. The van der Waals surface area contributed by atoms with Crippen LogP contribution in [0.4, 0.5) is 0 Å². The Labute approximate surface area is 246 Å². The topological polar surface area (TPSA) is 125 Å². The van der Waals surface area contributed by atoms with E-state index in [2.05, 4.69) is 6.58 Å². The second-order valence-electron chi connectivity index (χ2n) is 11.3. The fourth-order valence-corrected chi connectivity index (χ4v) is 6.13. The van der Waals surface area contributed by atoms with Gasteiger partial charge < -0.3 is 37.9 Å². The number of benzene rings is 1. The number of carbonyl (C=O) groups excluding carboxylic acids is 3. The van der Waals surface area contributed by atoms with E-state index in [1.807, 2.05) is 30.3 Å². The lowest BCUT2D eigenvalue weighted by atomic mass is 9.84. The molecule has 0 radical (unpaired) electrons. The summed E-state index contributed by atoms with van der Waals surface area (Å²) in [5.41, 5.74) is -0.305. The molecular formula is C31H42O11. The van der Waals surface area contributed by atoms with E-state index >= 15 is 0 Å². The van der Waals surface area contributed by atoms with E-state index in [9.17, 15) is 14.4 Å². The second kappa shape index (κ2) is 13.6. The van der Waals surface area contributed by atoms with Crippen molar-refractivity contribution in [1.29, 1.82) is 0 Å². The predicted molar refractivity (Wildman–Crippen MR) is 148 cm³/mol. The van der Waals surface area contributed by atoms with Gasteiger partial charge in [0.15, 0.2) is 18.0 Å². The molecule has 0 spiro atoms. The lowest BCUT2D eigenvalue weighted by molar-refractivity contribution is -0.382. The molecular weight excluding hydrogens is 548 g/mol. The van der Waals surface area contributed by atoms with Gasteiger partial charge in [0, 0.05) is 40.7 Å². The molecule has 11 nitrogen and oxygen atoms in total. The lowest BCUT2D eigenvalue weighted by Crippen LogP contribution is -2.69. The van der Waals surface area contributed by atoms with E-state index in [1.54, 1.807) is 20.1 Å². The summed E-state index contributed by atoms with van der Waals surface area (Å²) >= 11 is 0. The molecule has 0 saturated carbocycles. The quantitative estimate of drug-likeness (QED) is 0.202. The van der Waals surface area contributed by atoms with Gasteiger partial charge in [-0.2, -0.15) is 0 Å². The first-order valence-corrected chi connectivity index (χ1v) is 14.3. The van der Waals surface area contributed by atoms with Crippen molar-refractivity contribution in [2.45, 2.75) is 114 Å². The van der Waals surface area contributed by atoms with Crippen molar-refractivity contribution in [1.82, 2.24) is 0 Å². The van der Waals surface area contributed by atoms with Crippen LogP contribution in [-0.2, 0) is 58.9 Å². The molecule has 4 rings (SSSR count). The van der Waals surface area contributed by atoms with Gasteiger partial charge in [-0.1, -0.05) is 36.4 Å². The first kappa shape index (κ1) is 32.1. The molecule has 3 heterocycles. The van der Waals surface area contributed by atoms with E-state index in [4.69, 9.17) is 37.9 Å². The fourth-order valence-electron chi connectivity index (χ4n) is 6.13. The molecule has 0 bridgehead atoms. The zero-order chi connectivity index (χ0) is 30.5. The SMILES string of the molecule is C=CCC1CCC2(OC)O[C@H]3C(OCc4ccccc4)C(C[C@@](C)(COC(C)=O)OC(C)=O)OC3[C@H](OC(C)=O)[C@H]2O1. The number of fused-ring (bicyclic) bond motifs is 2. The number of esters is 3. The third-order valence-electron chi connectivity index (χ3n) is 7.86. The minimum Gasteiger partial charge on any atom is -0.462 e. The molecule has 0 amide bonds. The Morgan fingerprint density at radius 3 is 2.40 bits per heavy atom. The van der Waals surface area contributed by atoms with Gasteiger partial charge in [0.1, 0.15) is 30.5 Å². The van der Waals surface area contributed by atoms with E-state index < -0.39 is 65.9 Å². The predicted octanol–water partition coefficient (Wildman–Crippen LogP) is 3.41. The molecule has 0 aromatic heterocycles. The molecule has 232 valence electrons. The first-order chi connectivity index (χ1) is 20.0. The molecule has 9 atom stereocenters. The van der Waals surface area contributed by atoms with Crippen LogP contribution in [0.25, 0.3) is 0 Å². The normalized spacial score (nSPS) is 33.4. The zero-order valence-electron chi connectivity index (χ0n) is 24.9. The van der Waals surface area contributed by atoms with Crippen LogP contribution in [0.2, 0.25) is 0 Å². The van der Waals surface area contributed by atoms with Crippen molar-refractivity contribution in [3.8, 4) is 0 Å². The molecule has 3 aliphatic heterocycles. The molecule has 3 saturated heterocycles. The Hall–Kier alpha value is -2.83. The highest BCUT2D eigenvalue weighted by Crippen LogP contribution is 2.48. The molecule has 3 fully saturated rings. The summed E-state index contributed by atoms with van der Waals surface area (Å²) in [7, 11) is 1.54. The second-order valence-corrected chi connectivity index (χ2v) is 11.3. The van der Waals surface area contributed by atoms with E-state index in [1.165, 1.54) is 20.8 Å². The lowest BCUT2D eigenvalue weighted by Gasteiger charge is -2.53. The standard InChI is InChI=1S/C31H42O11/c1-7-11-23-14-15-31(35-6)29(39-23)28(38-20(3)33)26-27(42-31)25(36-17-22-12-9-8-10-13-22)24(40-26)16-30(5,41-21(4)34)18-37-19(2)32/h7-10,12-13,23-29H,1,11,14-18H2,2-6H3/t23?,24?,25?,26?,27-,28-,29+,30-,31?/m0/s1. The van der Waals surface area contributed by atoms with Crippen LogP contribution in [0.5, 0.6) is 0 Å². The van der Waals surface area contributed by atoms with Crippen LogP contribution in [-0.4, -0.2) is 85.7 Å². The molecule has 0 N–H and O–H groups in total. The summed E-state index contributed by atoms with van der Waals surface area (Å²) in [4.78, 5) is 36.1. The number of carbonyl (C=O) groups is 3. The highest BCUT2D eigenvalue weighted by molar-refractivity contribution is 5.67. The molecule has 5 unspecified atom stereocenters. The van der Waals surface area contributed by atoms with Crippen molar-refractivity contribution >= 4 is 17.9 Å². The maximum absolute atomic E-state index is 12.4. The van der Waals surface area contributed by atoms with E-state index in [0.717, 1.165) is 5.56 Å². The average Bonchev–Trinajstić information content (AvgIpc) is 3.26. The fraction of sp³-hybridized carbons (Fsp3) is 0.645. The van der Waals surface area contributed by atoms with Crippen LogP contribution in [0.1, 0.15) is 58.9 Å². The molecule has 3 aliphatic rings. The Balaban J connectivity index is 1.70. The summed E-state index contributed by atoms with van der Waals surface area (Å²) < 4.78 is 49.0. The van der Waals surface area contributed by atoms with Gasteiger partial charge in [-0.25, -0.2) is 0 Å². The van der Waals surface area contributed by atoms with Crippen molar-refractivity contribution < 1.29 is 52.3 Å². The number of hydrogen-bond acceptors (Lipinski definition) is 11. The molecule has 1 aromatic carbocycles. The van der Waals surface area contributed by atoms with Gasteiger partial charge in [0.25, 0.3) is 0 Å². The minimum atomic E-state index is -1.24. The summed E-state index contributed by atoms with van der Waals surface area (Å²) in [6.07, 6.45) is -1.10. The highest BCUT2D eigenvalue weighted by Gasteiger charge is 2.66. The Morgan fingerprint density at radius 2 is 1.79 bits per heavy atom. The van der Waals surface area contributed by atoms with Crippen LogP contribution in [0, 0.1) is 0 Å². The summed E-state index contributed by atoms with van der Waals surface area (Å²) in [5.74, 6) is -2.78. The van der Waals surface area contributed by atoms with Crippen LogP contribution in [0.15, 0.2) is 43.0 Å². The highest BCUT2D eigenvalue weighted by atomic mass is 16.8. The maximum Gasteiger partial charge on any atom is 0.303 e. The third kappa shape index (κ3) is 7.38. The van der Waals surface area contributed by atoms with Crippen molar-refractivity contribution in [2.24, 2.45) is 0 Å². The molecule has 0 aliphatic carbocycles.